The molecular formula is C16H13F3N2O3. The predicted octanol–water partition coefficient (Wildman–Crippen LogP) is 3.53. The largest absolute Gasteiger partial charge is 0.461 e. The number of carbonyl (C=O) groups excluding carboxylic acids is 2. The van der Waals surface area contributed by atoms with Crippen molar-refractivity contribution in [2.75, 3.05) is 11.9 Å². The molecule has 1 N–H and O–H groups in total. The average molecular weight is 338 g/mol. The van der Waals surface area contributed by atoms with Crippen LogP contribution in [0.3, 0.4) is 0 Å². The Kier molecular flexibility index (Phi) is 5.18. The van der Waals surface area contributed by atoms with E-state index >= 15 is 0 Å². The summed E-state index contributed by atoms with van der Waals surface area (Å²) in [5, 5.41) is 2.41. The molecule has 1 amide bonds. The maximum Gasteiger partial charge on any atom is 0.416 e. The number of ether oxygens (including phenoxy) is 1. The van der Waals surface area contributed by atoms with Gasteiger partial charge < -0.3 is 10.1 Å². The number of para-hydroxylation sites is 1. The number of benzene rings is 1. The van der Waals surface area contributed by atoms with Crippen LogP contribution >= 0.6 is 0 Å². The van der Waals surface area contributed by atoms with Crippen molar-refractivity contribution in [2.24, 2.45) is 0 Å². The van der Waals surface area contributed by atoms with Gasteiger partial charge in [0.25, 0.3) is 5.91 Å². The second-order valence-electron chi connectivity index (χ2n) is 4.66. The number of anilines is 1. The van der Waals surface area contributed by atoms with Gasteiger partial charge in [-0.15, -0.1) is 0 Å². The van der Waals surface area contributed by atoms with E-state index in [0.29, 0.717) is 17.8 Å². The number of esters is 1. The summed E-state index contributed by atoms with van der Waals surface area (Å²) in [6.45, 7) is 1.48. The van der Waals surface area contributed by atoms with Crippen molar-refractivity contribution < 1.29 is 27.5 Å². The Morgan fingerprint density at radius 3 is 2.33 bits per heavy atom. The SMILES string of the molecule is CCOC(=O)c1cc(C(F)(F)F)cc(C(=O)Nc2ccccc2)n1. The van der Waals surface area contributed by atoms with Crippen molar-refractivity contribution in [3.63, 3.8) is 0 Å². The van der Waals surface area contributed by atoms with E-state index in [1.807, 2.05) is 0 Å². The quantitative estimate of drug-likeness (QED) is 0.866. The van der Waals surface area contributed by atoms with E-state index in [9.17, 15) is 22.8 Å². The lowest BCUT2D eigenvalue weighted by Crippen LogP contribution is -2.19. The van der Waals surface area contributed by atoms with Crippen LogP contribution in [0.4, 0.5) is 18.9 Å². The highest BCUT2D eigenvalue weighted by Crippen LogP contribution is 2.30. The fourth-order valence-corrected chi connectivity index (χ4v) is 1.84. The molecule has 1 aromatic carbocycles. The molecule has 0 saturated carbocycles. The van der Waals surface area contributed by atoms with Gasteiger partial charge in [0.15, 0.2) is 0 Å². The number of halogens is 3. The standard InChI is InChI=1S/C16H13F3N2O3/c1-2-24-15(23)13-9-10(16(17,18)19)8-12(21-13)14(22)20-11-6-4-3-5-7-11/h3-9H,2H2,1H3,(H,20,22). The van der Waals surface area contributed by atoms with Gasteiger partial charge in [0, 0.05) is 5.69 Å². The molecule has 0 aliphatic heterocycles. The minimum absolute atomic E-state index is 0.0255. The van der Waals surface area contributed by atoms with Crippen LogP contribution in [0.25, 0.3) is 0 Å². The number of hydrogen-bond acceptors (Lipinski definition) is 4. The van der Waals surface area contributed by atoms with E-state index in [1.165, 1.54) is 6.92 Å². The lowest BCUT2D eigenvalue weighted by molar-refractivity contribution is -0.137. The van der Waals surface area contributed by atoms with Gasteiger partial charge in [-0.1, -0.05) is 18.2 Å². The van der Waals surface area contributed by atoms with E-state index in [2.05, 4.69) is 15.0 Å². The lowest BCUT2D eigenvalue weighted by atomic mass is 10.1. The van der Waals surface area contributed by atoms with Crippen molar-refractivity contribution in [3.05, 3.63) is 59.4 Å². The Morgan fingerprint density at radius 1 is 1.12 bits per heavy atom. The number of amides is 1. The molecule has 1 aromatic heterocycles. The minimum atomic E-state index is -4.73. The van der Waals surface area contributed by atoms with E-state index in [1.54, 1.807) is 30.3 Å². The van der Waals surface area contributed by atoms with Gasteiger partial charge in [-0.2, -0.15) is 13.2 Å². The summed E-state index contributed by atoms with van der Waals surface area (Å²) >= 11 is 0. The number of hydrogen-bond donors (Lipinski definition) is 1. The van der Waals surface area contributed by atoms with Gasteiger partial charge in [-0.25, -0.2) is 9.78 Å². The van der Waals surface area contributed by atoms with Crippen molar-refractivity contribution in [3.8, 4) is 0 Å². The molecule has 0 saturated heterocycles. The number of carbonyl (C=O) groups is 2. The van der Waals surface area contributed by atoms with Gasteiger partial charge in [0.1, 0.15) is 11.4 Å². The summed E-state index contributed by atoms with van der Waals surface area (Å²) in [5.74, 6) is -1.89. The molecule has 126 valence electrons. The molecule has 2 aromatic rings. The second kappa shape index (κ2) is 7.12. The van der Waals surface area contributed by atoms with Crippen LogP contribution in [-0.2, 0) is 10.9 Å². The molecule has 0 unspecified atom stereocenters. The second-order valence-corrected chi connectivity index (χ2v) is 4.66. The smallest absolute Gasteiger partial charge is 0.416 e. The van der Waals surface area contributed by atoms with Crippen LogP contribution in [0.2, 0.25) is 0 Å². The molecule has 0 aliphatic carbocycles. The number of rotatable bonds is 4. The van der Waals surface area contributed by atoms with Crippen LogP contribution in [0, 0.1) is 0 Å². The highest BCUT2D eigenvalue weighted by atomic mass is 19.4. The molecule has 1 heterocycles. The summed E-state index contributed by atoms with van der Waals surface area (Å²) < 4.78 is 43.6. The first kappa shape index (κ1) is 17.5. The first-order chi connectivity index (χ1) is 11.3. The van der Waals surface area contributed by atoms with Crippen LogP contribution in [0.15, 0.2) is 42.5 Å². The third-order valence-electron chi connectivity index (χ3n) is 2.90. The molecule has 0 aliphatic rings. The highest BCUT2D eigenvalue weighted by Gasteiger charge is 2.33. The fourth-order valence-electron chi connectivity index (χ4n) is 1.84. The number of nitrogens with one attached hydrogen (secondary N) is 1. The summed E-state index contributed by atoms with van der Waals surface area (Å²) in [4.78, 5) is 27.5. The summed E-state index contributed by atoms with van der Waals surface area (Å²) in [6, 6.07) is 9.29. The zero-order valence-electron chi connectivity index (χ0n) is 12.6. The number of aromatic nitrogens is 1. The highest BCUT2D eigenvalue weighted by molar-refractivity contribution is 6.03. The monoisotopic (exact) mass is 338 g/mol. The predicted molar refractivity (Wildman–Crippen MR) is 79.6 cm³/mol. The number of nitrogens with zero attached hydrogens (tertiary/aromatic N) is 1. The van der Waals surface area contributed by atoms with Crippen molar-refractivity contribution in [2.45, 2.75) is 13.1 Å². The molecule has 0 bridgehead atoms. The normalized spacial score (nSPS) is 11.0. The topological polar surface area (TPSA) is 68.3 Å². The maximum atomic E-state index is 13.0. The third kappa shape index (κ3) is 4.31. The first-order valence-corrected chi connectivity index (χ1v) is 6.94. The molecule has 24 heavy (non-hydrogen) atoms. The zero-order chi connectivity index (χ0) is 17.7. The summed E-state index contributed by atoms with van der Waals surface area (Å²) in [6.07, 6.45) is -4.73. The van der Waals surface area contributed by atoms with E-state index in [-0.39, 0.29) is 6.61 Å². The molecule has 0 fully saturated rings. The Balaban J connectivity index is 2.39. The molecule has 5 nitrogen and oxygen atoms in total. The van der Waals surface area contributed by atoms with E-state index in [4.69, 9.17) is 0 Å². The Hall–Kier alpha value is -2.90. The van der Waals surface area contributed by atoms with Gasteiger partial charge in [0.2, 0.25) is 0 Å². The molecule has 0 atom stereocenters. The first-order valence-electron chi connectivity index (χ1n) is 6.94. The lowest BCUT2D eigenvalue weighted by Gasteiger charge is -2.11. The van der Waals surface area contributed by atoms with Crippen molar-refractivity contribution in [1.29, 1.82) is 0 Å². The van der Waals surface area contributed by atoms with Crippen molar-refractivity contribution >= 4 is 17.6 Å². The van der Waals surface area contributed by atoms with Gasteiger partial charge in [-0.3, -0.25) is 4.79 Å². The number of alkyl halides is 3. The average Bonchev–Trinajstić information content (AvgIpc) is 2.54. The third-order valence-corrected chi connectivity index (χ3v) is 2.90. The van der Waals surface area contributed by atoms with Crippen LogP contribution in [0.5, 0.6) is 0 Å². The molecular weight excluding hydrogens is 325 g/mol. The van der Waals surface area contributed by atoms with Crippen LogP contribution < -0.4 is 5.32 Å². The van der Waals surface area contributed by atoms with Crippen molar-refractivity contribution in [1.82, 2.24) is 4.98 Å². The molecule has 2 rings (SSSR count). The number of pyridine rings is 1. The minimum Gasteiger partial charge on any atom is -0.461 e. The van der Waals surface area contributed by atoms with E-state index in [0.717, 1.165) is 0 Å². The Bertz CT molecular complexity index is 746. The molecule has 8 heteroatoms. The fraction of sp³-hybridized carbons (Fsp3) is 0.188. The summed E-state index contributed by atoms with van der Waals surface area (Å²) in [5.41, 5.74) is -1.88. The van der Waals surface area contributed by atoms with E-state index < -0.39 is 35.0 Å². The Morgan fingerprint density at radius 2 is 1.75 bits per heavy atom. The molecule has 0 radical (unpaired) electrons. The maximum absolute atomic E-state index is 13.0. The van der Waals surface area contributed by atoms with Gasteiger partial charge >= 0.3 is 12.1 Å². The van der Waals surface area contributed by atoms with Crippen LogP contribution in [-0.4, -0.2) is 23.5 Å². The van der Waals surface area contributed by atoms with Gasteiger partial charge in [0.05, 0.1) is 12.2 Å². The van der Waals surface area contributed by atoms with Crippen LogP contribution in [0.1, 0.15) is 33.5 Å². The molecule has 0 spiro atoms. The van der Waals surface area contributed by atoms with Gasteiger partial charge in [-0.05, 0) is 31.2 Å². The zero-order valence-corrected chi connectivity index (χ0v) is 12.6. The summed E-state index contributed by atoms with van der Waals surface area (Å²) in [7, 11) is 0. The Labute approximate surface area is 135 Å².